The second-order valence-electron chi connectivity index (χ2n) is 12.4. The quantitative estimate of drug-likeness (QED) is 0.131. The fourth-order valence-corrected chi connectivity index (χ4v) is 11.8. The zero-order valence-electron chi connectivity index (χ0n) is 27.4. The highest BCUT2D eigenvalue weighted by Gasteiger charge is 2.39. The van der Waals surface area contributed by atoms with E-state index in [0.717, 1.165) is 5.56 Å². The van der Waals surface area contributed by atoms with Gasteiger partial charge in [0.25, 0.3) is 0 Å². The Kier molecular flexibility index (Phi) is 9.34. The van der Waals surface area contributed by atoms with Gasteiger partial charge < -0.3 is 8.92 Å². The molecular weight excluding hydrogens is 677 g/mol. The van der Waals surface area contributed by atoms with Gasteiger partial charge in [0.1, 0.15) is 21.1 Å². The Labute approximate surface area is 289 Å². The summed E-state index contributed by atoms with van der Waals surface area (Å²) in [6.45, 7) is 7.71. The Morgan fingerprint density at radius 1 is 0.510 bits per heavy atom. The minimum Gasteiger partial charge on any atom is -0.488 e. The van der Waals surface area contributed by atoms with Crippen molar-refractivity contribution in [3.05, 3.63) is 151 Å². The van der Waals surface area contributed by atoms with Crippen molar-refractivity contribution >= 4 is 41.3 Å². The molecule has 0 unspecified atom stereocenters. The molecular formula is C39H36O7S3. The Morgan fingerprint density at radius 2 is 1.02 bits per heavy atom. The van der Waals surface area contributed by atoms with Crippen molar-refractivity contribution in [1.29, 1.82) is 0 Å². The molecule has 0 atom stereocenters. The number of rotatable bonds is 10. The first-order valence-electron chi connectivity index (χ1n) is 15.5. The number of ether oxygens (including phenoxy) is 1. The predicted octanol–water partition coefficient (Wildman–Crippen LogP) is 9.70. The Bertz CT molecular complexity index is 2260. The van der Waals surface area contributed by atoms with E-state index in [1.807, 2.05) is 113 Å². The van der Waals surface area contributed by atoms with Gasteiger partial charge in [0.05, 0.1) is 0 Å². The van der Waals surface area contributed by atoms with Gasteiger partial charge in [0.15, 0.2) is 5.75 Å². The summed E-state index contributed by atoms with van der Waals surface area (Å²) in [6, 6.07) is 41.4. The minimum atomic E-state index is -4.65. The van der Waals surface area contributed by atoms with Gasteiger partial charge in [-0.1, -0.05) is 78.4 Å². The minimum absolute atomic E-state index is 0.0535. The van der Waals surface area contributed by atoms with Crippen molar-refractivity contribution < 1.29 is 29.4 Å². The molecule has 0 saturated carbocycles. The lowest BCUT2D eigenvalue weighted by Gasteiger charge is -2.39. The summed E-state index contributed by atoms with van der Waals surface area (Å²) in [5.74, 6) is 0.490. The fourth-order valence-electron chi connectivity index (χ4n) is 5.40. The van der Waals surface area contributed by atoms with Gasteiger partial charge in [-0.05, 0) is 116 Å². The summed E-state index contributed by atoms with van der Waals surface area (Å²) in [5.41, 5.74) is 0.444. The van der Waals surface area contributed by atoms with Crippen LogP contribution in [0.4, 0.5) is 0 Å². The second kappa shape index (κ2) is 13.4. The van der Waals surface area contributed by atoms with E-state index in [1.165, 1.54) is 24.3 Å². The van der Waals surface area contributed by atoms with Crippen LogP contribution in [0.3, 0.4) is 0 Å². The van der Waals surface area contributed by atoms with Crippen LogP contribution in [0, 0.1) is 6.92 Å². The molecule has 6 rings (SSSR count). The van der Waals surface area contributed by atoms with Crippen LogP contribution in [-0.2, 0) is 23.9 Å². The maximum Gasteiger partial charge on any atom is 0.339 e. The molecule has 0 N–H and O–H groups in total. The zero-order chi connectivity index (χ0) is 34.9. The molecule has 0 aliphatic heterocycles. The molecule has 0 fully saturated rings. The zero-order valence-corrected chi connectivity index (χ0v) is 29.9. The summed E-state index contributed by atoms with van der Waals surface area (Å²) in [7, 11) is -11.9. The molecule has 0 aromatic heterocycles. The highest BCUT2D eigenvalue weighted by atomic mass is 32.3. The van der Waals surface area contributed by atoms with Crippen molar-refractivity contribution in [2.75, 3.05) is 0 Å². The third-order valence-electron chi connectivity index (χ3n) is 7.53. The molecule has 6 aromatic carbocycles. The van der Waals surface area contributed by atoms with E-state index in [4.69, 9.17) is 12.5 Å². The third-order valence-corrected chi connectivity index (χ3v) is 14.0. The first-order valence-corrected chi connectivity index (χ1v) is 19.9. The number of fused-ring (bicyclic) bond motifs is 1. The van der Waals surface area contributed by atoms with Gasteiger partial charge in [0.2, 0.25) is 0 Å². The molecule has 7 nitrogen and oxygen atoms in total. The summed E-state index contributed by atoms with van der Waals surface area (Å²) in [4.78, 5) is 1.63. The number of benzene rings is 6. The van der Waals surface area contributed by atoms with Gasteiger partial charge in [-0.2, -0.15) is 16.8 Å². The molecule has 0 heterocycles. The van der Waals surface area contributed by atoms with E-state index in [9.17, 15) is 16.8 Å². The Morgan fingerprint density at radius 3 is 1.57 bits per heavy atom. The topological polar surface area (TPSA) is 96.0 Å². The first kappa shape index (κ1) is 34.3. The van der Waals surface area contributed by atoms with Crippen LogP contribution in [0.2, 0.25) is 0 Å². The fraction of sp³-hybridized carbons (Fsp3) is 0.128. The third kappa shape index (κ3) is 7.23. The Balaban J connectivity index is 1.54. The molecule has 0 spiro atoms. The molecule has 6 aromatic rings. The molecule has 252 valence electrons. The lowest BCUT2D eigenvalue weighted by atomic mass is 10.1. The van der Waals surface area contributed by atoms with Crippen LogP contribution >= 0.6 is 10.3 Å². The first-order chi connectivity index (χ1) is 23.3. The summed E-state index contributed by atoms with van der Waals surface area (Å²) in [6.07, 6.45) is 0. The van der Waals surface area contributed by atoms with E-state index in [2.05, 4.69) is 0 Å². The molecule has 10 heteroatoms. The van der Waals surface area contributed by atoms with Gasteiger partial charge in [-0.3, -0.25) is 0 Å². The van der Waals surface area contributed by atoms with Gasteiger partial charge in [-0.15, -0.1) is 0 Å². The van der Waals surface area contributed by atoms with Crippen molar-refractivity contribution in [2.24, 2.45) is 0 Å². The summed E-state index contributed by atoms with van der Waals surface area (Å²) in [5, 5.41) is 0.550. The highest BCUT2D eigenvalue weighted by Crippen LogP contribution is 2.70. The predicted molar refractivity (Wildman–Crippen MR) is 193 cm³/mol. The van der Waals surface area contributed by atoms with Crippen molar-refractivity contribution in [3.8, 4) is 11.5 Å². The van der Waals surface area contributed by atoms with Crippen LogP contribution in [0.25, 0.3) is 10.8 Å². The van der Waals surface area contributed by atoms with Crippen LogP contribution in [0.15, 0.2) is 170 Å². The number of hydrogen-bond acceptors (Lipinski definition) is 7. The van der Waals surface area contributed by atoms with Crippen LogP contribution in [-0.4, -0.2) is 22.4 Å². The number of aryl methyl sites for hydroxylation is 1. The second-order valence-corrected chi connectivity index (χ2v) is 18.3. The lowest BCUT2D eigenvalue weighted by molar-refractivity contribution is 0.131. The SMILES string of the molecule is Cc1ccc(S(=O)(=O)Oc2cccc3cccc(S(=O)(=O)OS(c4ccccc4)(c4ccccc4)c4ccc(OC(C)(C)C)cc4)c23)cc1. The van der Waals surface area contributed by atoms with Crippen molar-refractivity contribution in [3.63, 3.8) is 0 Å². The van der Waals surface area contributed by atoms with E-state index in [1.54, 1.807) is 36.4 Å². The molecule has 49 heavy (non-hydrogen) atoms. The average Bonchev–Trinajstić information content (AvgIpc) is 3.07. The van der Waals surface area contributed by atoms with Crippen LogP contribution < -0.4 is 8.92 Å². The van der Waals surface area contributed by atoms with Crippen molar-refractivity contribution in [1.82, 2.24) is 0 Å². The van der Waals surface area contributed by atoms with E-state index in [-0.39, 0.29) is 20.9 Å². The molecule has 0 aliphatic carbocycles. The largest absolute Gasteiger partial charge is 0.488 e. The van der Waals surface area contributed by atoms with Crippen LogP contribution in [0.1, 0.15) is 26.3 Å². The van der Waals surface area contributed by atoms with E-state index >= 15 is 0 Å². The smallest absolute Gasteiger partial charge is 0.339 e. The van der Waals surface area contributed by atoms with Crippen molar-refractivity contribution in [2.45, 2.75) is 57.8 Å². The lowest BCUT2D eigenvalue weighted by Crippen LogP contribution is -2.22. The molecule has 0 aliphatic rings. The van der Waals surface area contributed by atoms with E-state index < -0.39 is 36.1 Å². The van der Waals surface area contributed by atoms with Gasteiger partial charge >= 0.3 is 20.2 Å². The standard InChI is InChI=1S/C39H36O7S3/c1-29-21-25-35(26-22-29)48(40,41)45-36-19-11-13-30-14-12-20-37(38(30)36)49(42,43)46-47(32-15-7-5-8-16-32,33-17-9-6-10-18-33)34-27-23-31(24-28-34)44-39(2,3)4/h5-28H,1-4H3. The normalized spacial score (nSPS) is 12.8. The van der Waals surface area contributed by atoms with Gasteiger partial charge in [-0.25, -0.2) is 3.63 Å². The maximum absolute atomic E-state index is 14.8. The highest BCUT2D eigenvalue weighted by molar-refractivity contribution is 8.33. The molecule has 0 bridgehead atoms. The maximum atomic E-state index is 14.8. The van der Waals surface area contributed by atoms with E-state index in [0.29, 0.717) is 25.8 Å². The molecule has 0 saturated heterocycles. The summed E-state index contributed by atoms with van der Waals surface area (Å²) < 4.78 is 74.8. The molecule has 0 radical (unpaired) electrons. The monoisotopic (exact) mass is 712 g/mol. The number of hydrogen-bond donors (Lipinski definition) is 0. The average molecular weight is 713 g/mol. The summed E-state index contributed by atoms with van der Waals surface area (Å²) >= 11 is 0. The molecule has 0 amide bonds. The van der Waals surface area contributed by atoms with Crippen LogP contribution in [0.5, 0.6) is 11.5 Å². The Hall–Kier alpha value is -4.61. The van der Waals surface area contributed by atoms with Gasteiger partial charge in [0, 0.05) is 20.1 Å².